The van der Waals surface area contributed by atoms with Gasteiger partial charge in [-0.3, -0.25) is 0 Å². The SMILES string of the molecule is CCCCCCCCCCCCCCCCCCCOC1CCC2(C)C(=CCC3C2CCC2(C)C(C(C)CCCC(C)C)CCC32)C1. The zero-order valence-electron chi connectivity index (χ0n) is 33.0. The molecular weight excluding hydrogens is 569 g/mol. The van der Waals surface area contributed by atoms with E-state index in [0.29, 0.717) is 16.9 Å². The zero-order valence-corrected chi connectivity index (χ0v) is 33.0. The first kappa shape index (κ1) is 39.5. The van der Waals surface area contributed by atoms with Gasteiger partial charge in [-0.25, -0.2) is 0 Å². The Hall–Kier alpha value is -0.300. The summed E-state index contributed by atoms with van der Waals surface area (Å²) in [6.07, 6.45) is 43.3. The van der Waals surface area contributed by atoms with Gasteiger partial charge in [-0.05, 0) is 104 Å². The van der Waals surface area contributed by atoms with Gasteiger partial charge in [0.15, 0.2) is 0 Å². The molecule has 0 heterocycles. The highest BCUT2D eigenvalue weighted by molar-refractivity contribution is 5.25. The molecule has 0 aliphatic heterocycles. The Morgan fingerprint density at radius 2 is 1.26 bits per heavy atom. The van der Waals surface area contributed by atoms with Crippen LogP contribution in [0.15, 0.2) is 11.6 Å². The molecule has 3 fully saturated rings. The topological polar surface area (TPSA) is 9.23 Å². The summed E-state index contributed by atoms with van der Waals surface area (Å²) in [4.78, 5) is 0. The highest BCUT2D eigenvalue weighted by Gasteiger charge is 2.59. The Kier molecular flexibility index (Phi) is 17.2. The van der Waals surface area contributed by atoms with Crippen LogP contribution < -0.4 is 0 Å². The van der Waals surface area contributed by atoms with Gasteiger partial charge >= 0.3 is 0 Å². The van der Waals surface area contributed by atoms with Crippen LogP contribution in [-0.2, 0) is 4.74 Å². The predicted octanol–water partition coefficient (Wildman–Crippen LogP) is 15.1. The van der Waals surface area contributed by atoms with E-state index < -0.39 is 0 Å². The molecular formula is C46H84O. The molecule has 4 aliphatic rings. The van der Waals surface area contributed by atoms with Crippen molar-refractivity contribution >= 4 is 0 Å². The van der Waals surface area contributed by atoms with Gasteiger partial charge in [-0.2, -0.15) is 0 Å². The van der Waals surface area contributed by atoms with Crippen molar-refractivity contribution in [1.82, 2.24) is 0 Å². The number of fused-ring (bicyclic) bond motifs is 5. The summed E-state index contributed by atoms with van der Waals surface area (Å²) >= 11 is 0. The third kappa shape index (κ3) is 11.3. The molecule has 0 aromatic carbocycles. The van der Waals surface area contributed by atoms with Crippen molar-refractivity contribution in [3.8, 4) is 0 Å². The lowest BCUT2D eigenvalue weighted by atomic mass is 9.47. The fraction of sp³-hybridized carbons (Fsp3) is 0.957. The molecule has 4 rings (SSSR count). The van der Waals surface area contributed by atoms with Crippen LogP contribution in [0.5, 0.6) is 0 Å². The average Bonchev–Trinajstić information content (AvgIpc) is 3.41. The zero-order chi connectivity index (χ0) is 33.5. The molecule has 4 aliphatic carbocycles. The maximum absolute atomic E-state index is 6.57. The number of rotatable bonds is 24. The Labute approximate surface area is 296 Å². The first-order valence-electron chi connectivity index (χ1n) is 22.1. The second-order valence-corrected chi connectivity index (χ2v) is 18.7. The lowest BCUT2D eigenvalue weighted by Crippen LogP contribution is -2.51. The molecule has 0 spiro atoms. The minimum absolute atomic E-state index is 0.457. The van der Waals surface area contributed by atoms with Gasteiger partial charge in [-0.15, -0.1) is 0 Å². The highest BCUT2D eigenvalue weighted by Crippen LogP contribution is 2.67. The summed E-state index contributed by atoms with van der Waals surface area (Å²) < 4.78 is 6.57. The van der Waals surface area contributed by atoms with Crippen molar-refractivity contribution in [3.63, 3.8) is 0 Å². The van der Waals surface area contributed by atoms with Crippen molar-refractivity contribution in [2.75, 3.05) is 6.61 Å². The smallest absolute Gasteiger partial charge is 0.0612 e. The van der Waals surface area contributed by atoms with E-state index in [1.807, 2.05) is 0 Å². The van der Waals surface area contributed by atoms with Gasteiger partial charge in [0.1, 0.15) is 0 Å². The normalized spacial score (nSPS) is 32.6. The molecule has 0 N–H and O–H groups in total. The first-order valence-corrected chi connectivity index (χ1v) is 22.1. The van der Waals surface area contributed by atoms with Crippen LogP contribution in [0.2, 0.25) is 0 Å². The van der Waals surface area contributed by atoms with Gasteiger partial charge in [0.25, 0.3) is 0 Å². The van der Waals surface area contributed by atoms with E-state index >= 15 is 0 Å². The summed E-state index contributed by atoms with van der Waals surface area (Å²) in [5, 5.41) is 0. The number of hydrogen-bond acceptors (Lipinski definition) is 1. The lowest BCUT2D eigenvalue weighted by Gasteiger charge is -2.58. The van der Waals surface area contributed by atoms with Crippen LogP contribution in [0.3, 0.4) is 0 Å². The number of allylic oxidation sites excluding steroid dienone is 1. The summed E-state index contributed by atoms with van der Waals surface area (Å²) in [5.41, 5.74) is 2.86. The molecule has 8 atom stereocenters. The van der Waals surface area contributed by atoms with Crippen LogP contribution in [0, 0.1) is 46.3 Å². The van der Waals surface area contributed by atoms with Crippen molar-refractivity contribution in [3.05, 3.63) is 11.6 Å². The van der Waals surface area contributed by atoms with Gasteiger partial charge in [0.05, 0.1) is 6.10 Å². The standard InChI is InChI=1S/C46H84O/c1-7-8-9-10-11-12-13-14-15-16-17-18-19-20-21-22-23-35-47-40-31-33-45(5)39(36-40)27-28-41-43-30-29-42(38(4)26-24-25-37(2)3)46(43,6)34-32-44(41)45/h27,37-38,40-44H,7-26,28-36H2,1-6H3. The Bertz CT molecular complexity index is 872. The molecule has 0 aromatic rings. The molecule has 274 valence electrons. The molecule has 1 nitrogen and oxygen atoms in total. The molecule has 0 bridgehead atoms. The van der Waals surface area contributed by atoms with Crippen LogP contribution >= 0.6 is 0 Å². The maximum Gasteiger partial charge on any atom is 0.0612 e. The third-order valence-corrected chi connectivity index (χ3v) is 14.9. The van der Waals surface area contributed by atoms with Gasteiger partial charge in [-0.1, -0.05) is 175 Å². The van der Waals surface area contributed by atoms with Crippen molar-refractivity contribution < 1.29 is 4.74 Å². The summed E-state index contributed by atoms with van der Waals surface area (Å²) in [6.45, 7) is 16.1. The molecule has 0 radical (unpaired) electrons. The first-order chi connectivity index (χ1) is 22.8. The van der Waals surface area contributed by atoms with E-state index in [4.69, 9.17) is 4.74 Å². The Balaban J connectivity index is 1.05. The maximum atomic E-state index is 6.57. The van der Waals surface area contributed by atoms with Crippen LogP contribution in [0.1, 0.15) is 221 Å². The van der Waals surface area contributed by atoms with Gasteiger partial charge < -0.3 is 4.74 Å². The van der Waals surface area contributed by atoms with Crippen LogP contribution in [-0.4, -0.2) is 12.7 Å². The van der Waals surface area contributed by atoms with Gasteiger partial charge in [0.2, 0.25) is 0 Å². The minimum Gasteiger partial charge on any atom is -0.378 e. The Morgan fingerprint density at radius 3 is 1.85 bits per heavy atom. The summed E-state index contributed by atoms with van der Waals surface area (Å²) in [6, 6.07) is 0. The van der Waals surface area contributed by atoms with E-state index in [2.05, 4.69) is 47.6 Å². The minimum atomic E-state index is 0.457. The largest absolute Gasteiger partial charge is 0.378 e. The van der Waals surface area contributed by atoms with Crippen LogP contribution in [0.25, 0.3) is 0 Å². The number of unbranched alkanes of at least 4 members (excludes halogenated alkanes) is 16. The summed E-state index contributed by atoms with van der Waals surface area (Å²) in [7, 11) is 0. The molecule has 0 aromatic heterocycles. The van der Waals surface area contributed by atoms with Crippen molar-refractivity contribution in [1.29, 1.82) is 0 Å². The van der Waals surface area contributed by atoms with E-state index in [1.54, 1.807) is 5.57 Å². The number of ether oxygens (including phenoxy) is 1. The molecule has 0 amide bonds. The Morgan fingerprint density at radius 1 is 0.660 bits per heavy atom. The average molecular weight is 653 g/mol. The molecule has 8 unspecified atom stereocenters. The fourth-order valence-corrected chi connectivity index (χ4v) is 11.9. The molecule has 0 saturated heterocycles. The second-order valence-electron chi connectivity index (χ2n) is 18.7. The van der Waals surface area contributed by atoms with Crippen LogP contribution in [0.4, 0.5) is 0 Å². The van der Waals surface area contributed by atoms with E-state index in [-0.39, 0.29) is 0 Å². The summed E-state index contributed by atoms with van der Waals surface area (Å²) in [5.74, 6) is 5.60. The van der Waals surface area contributed by atoms with Crippen molar-refractivity contribution in [2.24, 2.45) is 46.3 Å². The monoisotopic (exact) mass is 653 g/mol. The van der Waals surface area contributed by atoms with E-state index in [0.717, 1.165) is 42.1 Å². The predicted molar refractivity (Wildman–Crippen MR) is 207 cm³/mol. The highest BCUT2D eigenvalue weighted by atomic mass is 16.5. The fourth-order valence-electron chi connectivity index (χ4n) is 11.9. The molecule has 3 saturated carbocycles. The van der Waals surface area contributed by atoms with Crippen molar-refractivity contribution in [2.45, 2.75) is 227 Å². The second kappa shape index (κ2) is 20.5. The third-order valence-electron chi connectivity index (χ3n) is 14.9. The lowest BCUT2D eigenvalue weighted by molar-refractivity contribution is -0.0641. The quantitative estimate of drug-likeness (QED) is 0.0744. The van der Waals surface area contributed by atoms with E-state index in [1.165, 1.54) is 180 Å². The van der Waals surface area contributed by atoms with Gasteiger partial charge in [0, 0.05) is 6.61 Å². The molecule has 47 heavy (non-hydrogen) atoms. The molecule has 1 heteroatoms. The number of hydrogen-bond donors (Lipinski definition) is 0. The van der Waals surface area contributed by atoms with E-state index in [9.17, 15) is 0 Å².